The number of hydrogen-bond acceptors (Lipinski definition) is 8. The third-order valence-corrected chi connectivity index (χ3v) is 7.31. The van der Waals surface area contributed by atoms with Crippen LogP contribution in [0.2, 0.25) is 0 Å². The second kappa shape index (κ2) is 13.4. The smallest absolute Gasteiger partial charge is 0.344 e. The van der Waals surface area contributed by atoms with Crippen molar-refractivity contribution in [1.82, 2.24) is 0 Å². The van der Waals surface area contributed by atoms with Gasteiger partial charge in [-0.25, -0.2) is 9.59 Å². The van der Waals surface area contributed by atoms with Gasteiger partial charge in [0.2, 0.25) is 0 Å². The first kappa shape index (κ1) is 28.9. The molecule has 0 radical (unpaired) electrons. The lowest BCUT2D eigenvalue weighted by atomic mass is 10.1. The van der Waals surface area contributed by atoms with E-state index in [0.29, 0.717) is 59.8 Å². The summed E-state index contributed by atoms with van der Waals surface area (Å²) in [7, 11) is 0. The Hall–Kier alpha value is -5.18. The van der Waals surface area contributed by atoms with Gasteiger partial charge in [-0.2, -0.15) is 0 Å². The summed E-state index contributed by atoms with van der Waals surface area (Å²) in [4.78, 5) is 25.2. The predicted molar refractivity (Wildman–Crippen MR) is 168 cm³/mol. The van der Waals surface area contributed by atoms with Gasteiger partial charge < -0.3 is 28.2 Å². The Labute approximate surface area is 252 Å². The van der Waals surface area contributed by atoms with E-state index in [1.54, 1.807) is 12.1 Å². The highest BCUT2D eigenvalue weighted by molar-refractivity contribution is 5.83. The molecule has 2 aromatic heterocycles. The number of benzene rings is 4. The fourth-order valence-electron chi connectivity index (χ4n) is 5.03. The lowest BCUT2D eigenvalue weighted by molar-refractivity contribution is -0.0624. The number of hydrogen-bond donors (Lipinski definition) is 1. The first-order chi connectivity index (χ1) is 21.6. The minimum atomic E-state index is -0.430. The van der Waals surface area contributed by atoms with Gasteiger partial charge in [-0.15, -0.1) is 0 Å². The molecule has 44 heavy (non-hydrogen) atoms. The summed E-state index contributed by atoms with van der Waals surface area (Å²) >= 11 is 0. The monoisotopic (exact) mass is 590 g/mol. The number of fused-ring (bicyclic) bond motifs is 2. The van der Waals surface area contributed by atoms with E-state index >= 15 is 0 Å². The van der Waals surface area contributed by atoms with Gasteiger partial charge in [0.15, 0.2) is 0 Å². The molecule has 0 aliphatic carbocycles. The average molecular weight is 591 g/mol. The highest BCUT2D eigenvalue weighted by Gasteiger charge is 2.13. The normalized spacial score (nSPS) is 11.3. The molecule has 0 saturated carbocycles. The number of ether oxygens (including phenoxy) is 3. The van der Waals surface area contributed by atoms with E-state index in [1.807, 2.05) is 97.1 Å². The molecule has 6 aromatic rings. The van der Waals surface area contributed by atoms with E-state index in [4.69, 9.17) is 23.0 Å². The Morgan fingerprint density at radius 3 is 1.48 bits per heavy atom. The van der Waals surface area contributed by atoms with Gasteiger partial charge in [0.05, 0.1) is 30.4 Å². The molecule has 0 spiro atoms. The maximum absolute atomic E-state index is 12.6. The molecule has 0 aliphatic rings. The number of rotatable bonds is 12. The largest absolute Gasteiger partial charge is 0.493 e. The zero-order valence-electron chi connectivity index (χ0n) is 23.8. The Balaban J connectivity index is 1.04. The van der Waals surface area contributed by atoms with Crippen molar-refractivity contribution in [3.05, 3.63) is 130 Å². The zero-order chi connectivity index (χ0) is 30.3. The molecule has 6 rings (SSSR count). The minimum Gasteiger partial charge on any atom is -0.493 e. The summed E-state index contributed by atoms with van der Waals surface area (Å²) in [5.41, 5.74) is 2.65. The van der Waals surface area contributed by atoms with E-state index in [-0.39, 0.29) is 6.10 Å². The highest BCUT2D eigenvalue weighted by Crippen LogP contribution is 2.26. The quantitative estimate of drug-likeness (QED) is 0.122. The van der Waals surface area contributed by atoms with Gasteiger partial charge in [-0.3, -0.25) is 0 Å². The summed E-state index contributed by atoms with van der Waals surface area (Å²) in [6.45, 7) is 0.196. The molecule has 0 aliphatic heterocycles. The van der Waals surface area contributed by atoms with E-state index in [9.17, 15) is 14.7 Å². The molecule has 0 saturated heterocycles. The van der Waals surface area contributed by atoms with Crippen LogP contribution in [0.25, 0.3) is 44.2 Å². The minimum absolute atomic E-state index is 0.313. The van der Waals surface area contributed by atoms with Crippen LogP contribution in [0.15, 0.2) is 128 Å². The molecular weight excluding hydrogens is 560 g/mol. The van der Waals surface area contributed by atoms with E-state index in [0.717, 1.165) is 21.9 Å². The zero-order valence-corrected chi connectivity index (χ0v) is 23.8. The molecule has 0 bridgehead atoms. The van der Waals surface area contributed by atoms with Crippen LogP contribution in [0.3, 0.4) is 0 Å². The standard InChI is InChI=1S/C36H30O8/c37-23-42-28(15-17-40-29-13-11-26-19-31(24-7-3-1-4-8-24)35(38)43-33(26)21-29)16-18-41-30-14-12-27-20-32(25-9-5-2-6-10-25)36(39)44-34(27)22-30/h1-14,19-22,28,37H,15-18,23H2. The van der Waals surface area contributed by atoms with Crippen molar-refractivity contribution in [2.75, 3.05) is 20.0 Å². The summed E-state index contributed by atoms with van der Waals surface area (Å²) in [6, 6.07) is 33.1. The van der Waals surface area contributed by atoms with Crippen LogP contribution in [-0.4, -0.2) is 31.2 Å². The first-order valence-corrected chi connectivity index (χ1v) is 14.3. The van der Waals surface area contributed by atoms with Gasteiger partial charge >= 0.3 is 11.3 Å². The topological polar surface area (TPSA) is 108 Å². The SMILES string of the molecule is O=c1oc2cc(OCCC(CCOc3ccc4cc(-c5ccccc5)c(=O)oc4c3)OCO)ccc2cc1-c1ccccc1. The van der Waals surface area contributed by atoms with Crippen molar-refractivity contribution in [3.8, 4) is 33.8 Å². The fraction of sp³-hybridized carbons (Fsp3) is 0.167. The Kier molecular flexibility index (Phi) is 8.82. The van der Waals surface area contributed by atoms with Crippen LogP contribution in [0.4, 0.5) is 0 Å². The molecule has 4 aromatic carbocycles. The summed E-state index contributed by atoms with van der Waals surface area (Å²) in [5, 5.41) is 11.0. The second-order valence-corrected chi connectivity index (χ2v) is 10.2. The van der Waals surface area contributed by atoms with Crippen LogP contribution >= 0.6 is 0 Å². The van der Waals surface area contributed by atoms with Crippen molar-refractivity contribution in [1.29, 1.82) is 0 Å². The summed E-state index contributed by atoms with van der Waals surface area (Å²) in [5.74, 6) is 1.11. The molecule has 0 amide bonds. The summed E-state index contributed by atoms with van der Waals surface area (Å²) < 4.78 is 28.4. The molecule has 8 nitrogen and oxygen atoms in total. The van der Waals surface area contributed by atoms with Gasteiger partial charge in [-0.1, -0.05) is 60.7 Å². The molecule has 2 heterocycles. The van der Waals surface area contributed by atoms with Gasteiger partial charge in [-0.05, 0) is 47.5 Å². The van der Waals surface area contributed by atoms with Crippen LogP contribution < -0.4 is 20.7 Å². The first-order valence-electron chi connectivity index (χ1n) is 14.3. The van der Waals surface area contributed by atoms with Crippen molar-refractivity contribution in [3.63, 3.8) is 0 Å². The van der Waals surface area contributed by atoms with Gasteiger partial charge in [0.1, 0.15) is 29.5 Å². The maximum atomic E-state index is 12.6. The van der Waals surface area contributed by atoms with E-state index in [2.05, 4.69) is 0 Å². The lowest BCUT2D eigenvalue weighted by Crippen LogP contribution is -2.20. The summed E-state index contributed by atoms with van der Waals surface area (Å²) in [6.07, 6.45) is 0.667. The molecule has 0 fully saturated rings. The van der Waals surface area contributed by atoms with Crippen molar-refractivity contribution in [2.45, 2.75) is 18.9 Å². The molecule has 0 atom stereocenters. The maximum Gasteiger partial charge on any atom is 0.344 e. The van der Waals surface area contributed by atoms with Crippen molar-refractivity contribution in [2.24, 2.45) is 0 Å². The molecule has 0 unspecified atom stereocenters. The van der Waals surface area contributed by atoms with Crippen LogP contribution in [0.5, 0.6) is 11.5 Å². The van der Waals surface area contributed by atoms with Crippen molar-refractivity contribution < 1.29 is 28.2 Å². The number of aliphatic hydroxyl groups is 1. The predicted octanol–water partition coefficient (Wildman–Crippen LogP) is 6.81. The number of aliphatic hydroxyl groups excluding tert-OH is 1. The lowest BCUT2D eigenvalue weighted by Gasteiger charge is -2.17. The molecule has 8 heteroatoms. The van der Waals surface area contributed by atoms with Crippen LogP contribution in [0.1, 0.15) is 12.8 Å². The molecule has 1 N–H and O–H groups in total. The molecule has 222 valence electrons. The highest BCUT2D eigenvalue weighted by atomic mass is 16.6. The fourth-order valence-corrected chi connectivity index (χ4v) is 5.03. The van der Waals surface area contributed by atoms with Crippen LogP contribution in [-0.2, 0) is 4.74 Å². The third-order valence-electron chi connectivity index (χ3n) is 7.31. The van der Waals surface area contributed by atoms with Crippen LogP contribution in [0, 0.1) is 0 Å². The van der Waals surface area contributed by atoms with Gasteiger partial charge in [0.25, 0.3) is 0 Å². The Morgan fingerprint density at radius 1 is 0.591 bits per heavy atom. The van der Waals surface area contributed by atoms with Crippen molar-refractivity contribution >= 4 is 21.9 Å². The van der Waals surface area contributed by atoms with E-state index in [1.165, 1.54) is 0 Å². The Morgan fingerprint density at radius 2 is 1.05 bits per heavy atom. The Bertz CT molecular complexity index is 1840. The van der Waals surface area contributed by atoms with E-state index < -0.39 is 18.0 Å². The third kappa shape index (κ3) is 6.72. The molecular formula is C36H30O8. The van der Waals surface area contributed by atoms with Gasteiger partial charge in [0, 0.05) is 35.7 Å². The second-order valence-electron chi connectivity index (χ2n) is 10.2. The average Bonchev–Trinajstić information content (AvgIpc) is 3.05.